The Kier molecular flexibility index (Phi) is 11.2. The molecule has 3 atom stereocenters. The number of rotatable bonds is 14. The Morgan fingerprint density at radius 1 is 1.14 bits per heavy atom. The van der Waals surface area contributed by atoms with Gasteiger partial charge in [0.15, 0.2) is 0 Å². The highest BCUT2D eigenvalue weighted by molar-refractivity contribution is 7.52. The first-order valence-corrected chi connectivity index (χ1v) is 14.0. The number of likely N-dealkylation sites (tertiary alicyclic amines) is 1. The van der Waals surface area contributed by atoms with Crippen LogP contribution in [0.5, 0.6) is 0 Å². The van der Waals surface area contributed by atoms with Gasteiger partial charge in [-0.2, -0.15) is 0 Å². The molecule has 0 spiro atoms. The van der Waals surface area contributed by atoms with E-state index in [2.05, 4.69) is 5.32 Å². The molecule has 1 aliphatic heterocycles. The standard InChI is InChI=1S/C24H37N2O8P/c1-3-5-10-17-35(31,32)34-24(15-6-4-2,22(29)26-16-11-14-20(26)21(27)28)25-23(30)33-18-19-12-8-7-9-13-19/h7-9,12-13,20H,3-6,10-11,14-18H2,1-2H3,(H,25,30)(H,27,28)(H,31,32)/t20-,24-/m0/s1. The van der Waals surface area contributed by atoms with Crippen molar-refractivity contribution in [3.05, 3.63) is 35.9 Å². The summed E-state index contributed by atoms with van der Waals surface area (Å²) in [5.74, 6) is -2.03. The maximum Gasteiger partial charge on any atom is 0.410 e. The van der Waals surface area contributed by atoms with Crippen LogP contribution in [-0.4, -0.2) is 57.3 Å². The lowest BCUT2D eigenvalue weighted by molar-refractivity contribution is -0.159. The van der Waals surface area contributed by atoms with Gasteiger partial charge in [-0.05, 0) is 31.2 Å². The number of nitrogens with zero attached hydrogens (tertiary/aromatic N) is 1. The molecule has 1 aromatic carbocycles. The molecule has 0 radical (unpaired) electrons. The molecule has 0 saturated carbocycles. The van der Waals surface area contributed by atoms with Crippen LogP contribution in [0.4, 0.5) is 4.79 Å². The number of nitrogens with one attached hydrogen (secondary N) is 1. The van der Waals surface area contributed by atoms with Crippen molar-refractivity contribution in [3.8, 4) is 0 Å². The summed E-state index contributed by atoms with van der Waals surface area (Å²) >= 11 is 0. The van der Waals surface area contributed by atoms with E-state index < -0.39 is 37.3 Å². The van der Waals surface area contributed by atoms with Gasteiger partial charge >= 0.3 is 19.7 Å². The van der Waals surface area contributed by atoms with E-state index in [1.807, 2.05) is 19.9 Å². The van der Waals surface area contributed by atoms with E-state index in [9.17, 15) is 28.9 Å². The minimum absolute atomic E-state index is 0.0839. The highest BCUT2D eigenvalue weighted by Crippen LogP contribution is 2.48. The van der Waals surface area contributed by atoms with Crippen molar-refractivity contribution < 1.29 is 38.2 Å². The molecule has 1 unspecified atom stereocenters. The SMILES string of the molecule is CCCCCP(=O)(O)O[C@](CCCC)(NC(=O)OCc1ccccc1)C(=O)N1CCC[C@H]1C(=O)O. The van der Waals surface area contributed by atoms with Crippen LogP contribution in [0, 0.1) is 0 Å². The van der Waals surface area contributed by atoms with Gasteiger partial charge in [-0.3, -0.25) is 19.2 Å². The molecule has 1 aliphatic rings. The molecule has 0 aliphatic carbocycles. The maximum atomic E-state index is 13.7. The maximum absolute atomic E-state index is 13.7. The largest absolute Gasteiger partial charge is 0.480 e. The third kappa shape index (κ3) is 8.63. The van der Waals surface area contributed by atoms with Gasteiger partial charge in [0.25, 0.3) is 5.91 Å². The van der Waals surface area contributed by atoms with Crippen LogP contribution in [0.3, 0.4) is 0 Å². The van der Waals surface area contributed by atoms with Crippen molar-refractivity contribution in [3.63, 3.8) is 0 Å². The summed E-state index contributed by atoms with van der Waals surface area (Å²) in [6.07, 6.45) is 2.31. The second-order valence-electron chi connectivity index (χ2n) is 8.77. The summed E-state index contributed by atoms with van der Waals surface area (Å²) in [4.78, 5) is 50.0. The number of hydrogen-bond acceptors (Lipinski definition) is 6. The second-order valence-corrected chi connectivity index (χ2v) is 10.7. The third-order valence-corrected chi connectivity index (χ3v) is 7.36. The molecular weight excluding hydrogens is 475 g/mol. The zero-order valence-corrected chi connectivity index (χ0v) is 21.4. The predicted molar refractivity (Wildman–Crippen MR) is 130 cm³/mol. The number of carboxylic acids is 1. The van der Waals surface area contributed by atoms with Gasteiger partial charge in [0.2, 0.25) is 5.72 Å². The fraction of sp³-hybridized carbons (Fsp3) is 0.625. The fourth-order valence-corrected chi connectivity index (χ4v) is 5.45. The average molecular weight is 513 g/mol. The van der Waals surface area contributed by atoms with Crippen LogP contribution in [0.25, 0.3) is 0 Å². The molecule has 10 nitrogen and oxygen atoms in total. The minimum Gasteiger partial charge on any atom is -0.480 e. The first-order chi connectivity index (χ1) is 16.6. The summed E-state index contributed by atoms with van der Waals surface area (Å²) in [5, 5.41) is 12.0. The van der Waals surface area contributed by atoms with Gasteiger partial charge in [0.05, 0.1) is 6.16 Å². The van der Waals surface area contributed by atoms with Crippen LogP contribution < -0.4 is 5.32 Å². The number of hydrogen-bond donors (Lipinski definition) is 3. The van der Waals surface area contributed by atoms with Crippen LogP contribution in [-0.2, 0) is 30.0 Å². The molecule has 196 valence electrons. The third-order valence-electron chi connectivity index (χ3n) is 5.89. The summed E-state index contributed by atoms with van der Waals surface area (Å²) in [7, 11) is -4.32. The van der Waals surface area contributed by atoms with Gasteiger partial charge in [0, 0.05) is 13.0 Å². The molecule has 2 rings (SSSR count). The Bertz CT molecular complexity index is 897. The topological polar surface area (TPSA) is 142 Å². The van der Waals surface area contributed by atoms with Crippen molar-refractivity contribution in [2.24, 2.45) is 0 Å². The number of ether oxygens (including phenoxy) is 1. The van der Waals surface area contributed by atoms with E-state index in [0.717, 1.165) is 11.3 Å². The Hall–Kier alpha value is -2.42. The quantitative estimate of drug-likeness (QED) is 0.191. The summed E-state index contributed by atoms with van der Waals surface area (Å²) in [5.41, 5.74) is -1.51. The molecule has 11 heteroatoms. The summed E-state index contributed by atoms with van der Waals surface area (Å²) in [6.45, 7) is 3.86. The van der Waals surface area contributed by atoms with E-state index in [1.54, 1.807) is 24.3 Å². The molecule has 1 fully saturated rings. The summed E-state index contributed by atoms with van der Waals surface area (Å²) in [6, 6.07) is 7.80. The average Bonchev–Trinajstić information content (AvgIpc) is 3.31. The Labute approximate surface area is 206 Å². The lowest BCUT2D eigenvalue weighted by Crippen LogP contribution is -2.62. The van der Waals surface area contributed by atoms with Gasteiger partial charge in [-0.15, -0.1) is 0 Å². The van der Waals surface area contributed by atoms with E-state index in [-0.39, 0.29) is 32.2 Å². The predicted octanol–water partition coefficient (Wildman–Crippen LogP) is 4.27. The van der Waals surface area contributed by atoms with Crippen molar-refractivity contribution in [1.82, 2.24) is 10.2 Å². The van der Waals surface area contributed by atoms with E-state index in [1.165, 1.54) is 0 Å². The minimum atomic E-state index is -4.32. The van der Waals surface area contributed by atoms with Crippen LogP contribution in [0.2, 0.25) is 0 Å². The Morgan fingerprint density at radius 2 is 1.83 bits per heavy atom. The molecule has 0 bridgehead atoms. The molecule has 35 heavy (non-hydrogen) atoms. The van der Waals surface area contributed by atoms with Crippen molar-refractivity contribution >= 4 is 25.6 Å². The van der Waals surface area contributed by atoms with Gasteiger partial charge in [-0.25, -0.2) is 9.59 Å². The van der Waals surface area contributed by atoms with Crippen LogP contribution in [0.1, 0.15) is 70.8 Å². The first-order valence-electron chi connectivity index (χ1n) is 12.2. The normalized spacial score (nSPS) is 18.9. The number of carboxylic acid groups (broad SMARTS) is 1. The Morgan fingerprint density at radius 3 is 2.46 bits per heavy atom. The van der Waals surface area contributed by atoms with Crippen molar-refractivity contribution in [1.29, 1.82) is 0 Å². The molecule has 1 aromatic rings. The number of alkyl carbamates (subject to hydrolysis) is 1. The number of unbranched alkanes of at least 4 members (excludes halogenated alkanes) is 3. The highest BCUT2D eigenvalue weighted by atomic mass is 31.2. The zero-order valence-electron chi connectivity index (χ0n) is 20.5. The molecule has 3 N–H and O–H groups in total. The monoisotopic (exact) mass is 512 g/mol. The molecule has 1 saturated heterocycles. The molecule has 0 aromatic heterocycles. The Balaban J connectivity index is 2.34. The number of benzene rings is 1. The molecular formula is C24H37N2O8P. The number of carbonyl (C=O) groups excluding carboxylic acids is 2. The van der Waals surface area contributed by atoms with Gasteiger partial charge < -0.3 is 19.6 Å². The van der Waals surface area contributed by atoms with Crippen molar-refractivity contribution in [2.45, 2.75) is 83.6 Å². The van der Waals surface area contributed by atoms with E-state index in [4.69, 9.17) is 9.26 Å². The highest BCUT2D eigenvalue weighted by Gasteiger charge is 2.51. The first kappa shape index (κ1) is 28.8. The lowest BCUT2D eigenvalue weighted by Gasteiger charge is -2.38. The second kappa shape index (κ2) is 13.6. The number of aliphatic carboxylic acids is 1. The molecule has 2 amide bonds. The van der Waals surface area contributed by atoms with Crippen molar-refractivity contribution in [2.75, 3.05) is 12.7 Å². The van der Waals surface area contributed by atoms with Crippen LogP contribution in [0.15, 0.2) is 30.3 Å². The van der Waals surface area contributed by atoms with Crippen LogP contribution >= 0.6 is 7.60 Å². The summed E-state index contributed by atoms with van der Waals surface area (Å²) < 4.78 is 23.9. The molecule has 1 heterocycles. The van der Waals surface area contributed by atoms with Gasteiger partial charge in [0.1, 0.15) is 12.6 Å². The van der Waals surface area contributed by atoms with Gasteiger partial charge in [-0.1, -0.05) is 63.4 Å². The smallest absolute Gasteiger partial charge is 0.410 e. The van der Waals surface area contributed by atoms with E-state index >= 15 is 0 Å². The fourth-order valence-electron chi connectivity index (χ4n) is 4.03. The number of carbonyl (C=O) groups is 3. The zero-order chi connectivity index (χ0) is 25.9. The van der Waals surface area contributed by atoms with E-state index in [0.29, 0.717) is 37.7 Å². The number of amides is 2. The lowest BCUT2D eigenvalue weighted by atomic mass is 10.0.